The second-order valence-electron chi connectivity index (χ2n) is 3.16. The first-order chi connectivity index (χ1) is 6.22. The molecule has 1 aromatic rings. The predicted octanol–water partition coefficient (Wildman–Crippen LogP) is 1.19. The van der Waals surface area contributed by atoms with Crippen LogP contribution in [-0.2, 0) is 6.61 Å². The highest BCUT2D eigenvalue weighted by molar-refractivity contribution is 9.10. The first-order valence-corrected chi connectivity index (χ1v) is 4.94. The van der Waals surface area contributed by atoms with Gasteiger partial charge >= 0.3 is 0 Å². The van der Waals surface area contributed by atoms with E-state index in [-0.39, 0.29) is 6.61 Å². The van der Waals surface area contributed by atoms with Crippen LogP contribution in [0.4, 0.5) is 5.82 Å². The third-order valence-electron chi connectivity index (χ3n) is 2.06. The zero-order valence-electron chi connectivity index (χ0n) is 7.00. The average molecular weight is 244 g/mol. The Labute approximate surface area is 84.3 Å². The number of aromatic nitrogens is 2. The van der Waals surface area contributed by atoms with Crippen molar-refractivity contribution in [3.8, 4) is 0 Å². The van der Waals surface area contributed by atoms with Gasteiger partial charge in [-0.25, -0.2) is 9.97 Å². The van der Waals surface area contributed by atoms with Crippen LogP contribution in [0.5, 0.6) is 0 Å². The summed E-state index contributed by atoms with van der Waals surface area (Å²) in [7, 11) is 0. The highest BCUT2D eigenvalue weighted by Crippen LogP contribution is 2.39. The van der Waals surface area contributed by atoms with Gasteiger partial charge in [0.05, 0.1) is 16.8 Å². The number of anilines is 1. The molecule has 0 spiro atoms. The Morgan fingerprint density at radius 3 is 2.69 bits per heavy atom. The Bertz CT molecular complexity index is 338. The van der Waals surface area contributed by atoms with E-state index < -0.39 is 0 Å². The molecule has 0 amide bonds. The largest absolute Gasteiger partial charge is 0.390 e. The topological polar surface area (TPSA) is 72.0 Å². The number of hydrogen-bond acceptors (Lipinski definition) is 4. The van der Waals surface area contributed by atoms with E-state index in [9.17, 15) is 0 Å². The number of nitrogen functional groups attached to an aromatic ring is 1. The Morgan fingerprint density at radius 1 is 1.46 bits per heavy atom. The SMILES string of the molecule is Nc1nc(C2CC2)nc(CO)c1Br. The van der Waals surface area contributed by atoms with Gasteiger partial charge in [-0.05, 0) is 28.8 Å². The van der Waals surface area contributed by atoms with E-state index in [2.05, 4.69) is 25.9 Å². The van der Waals surface area contributed by atoms with Crippen LogP contribution in [0.15, 0.2) is 4.47 Å². The number of aliphatic hydroxyl groups is 1. The molecule has 1 saturated carbocycles. The quantitative estimate of drug-likeness (QED) is 0.819. The highest BCUT2D eigenvalue weighted by Gasteiger charge is 2.27. The predicted molar refractivity (Wildman–Crippen MR) is 52.0 cm³/mol. The van der Waals surface area contributed by atoms with Crippen molar-refractivity contribution in [2.75, 3.05) is 5.73 Å². The van der Waals surface area contributed by atoms with E-state index in [0.29, 0.717) is 21.9 Å². The van der Waals surface area contributed by atoms with Crippen molar-refractivity contribution in [3.05, 3.63) is 16.0 Å². The molecule has 1 aliphatic carbocycles. The molecule has 13 heavy (non-hydrogen) atoms. The summed E-state index contributed by atoms with van der Waals surface area (Å²) in [6, 6.07) is 0. The van der Waals surface area contributed by atoms with Crippen LogP contribution < -0.4 is 5.73 Å². The van der Waals surface area contributed by atoms with Crippen molar-refractivity contribution in [1.29, 1.82) is 0 Å². The van der Waals surface area contributed by atoms with Gasteiger partial charge < -0.3 is 10.8 Å². The Balaban J connectivity index is 2.43. The van der Waals surface area contributed by atoms with Crippen LogP contribution in [-0.4, -0.2) is 15.1 Å². The van der Waals surface area contributed by atoms with Crippen molar-refractivity contribution in [2.24, 2.45) is 0 Å². The van der Waals surface area contributed by atoms with Gasteiger partial charge in [0.1, 0.15) is 11.6 Å². The summed E-state index contributed by atoms with van der Waals surface area (Å²) in [6.45, 7) is -0.104. The molecule has 1 heterocycles. The molecule has 0 aromatic carbocycles. The second-order valence-corrected chi connectivity index (χ2v) is 3.95. The fraction of sp³-hybridized carbons (Fsp3) is 0.500. The van der Waals surface area contributed by atoms with Gasteiger partial charge in [-0.15, -0.1) is 0 Å². The lowest BCUT2D eigenvalue weighted by atomic mass is 10.3. The minimum absolute atomic E-state index is 0.104. The van der Waals surface area contributed by atoms with E-state index in [0.717, 1.165) is 18.7 Å². The molecule has 2 rings (SSSR count). The third-order valence-corrected chi connectivity index (χ3v) is 2.92. The maximum atomic E-state index is 8.99. The zero-order valence-corrected chi connectivity index (χ0v) is 8.58. The standard InChI is InChI=1S/C8H10BrN3O/c9-6-5(3-13)11-8(4-1-2-4)12-7(6)10/h4,13H,1-3H2,(H2,10,11,12). The Morgan fingerprint density at radius 2 is 2.15 bits per heavy atom. The van der Waals surface area contributed by atoms with Crippen molar-refractivity contribution in [2.45, 2.75) is 25.4 Å². The maximum Gasteiger partial charge on any atom is 0.141 e. The molecule has 1 fully saturated rings. The summed E-state index contributed by atoms with van der Waals surface area (Å²) in [5, 5.41) is 8.99. The first kappa shape index (κ1) is 8.90. The monoisotopic (exact) mass is 243 g/mol. The average Bonchev–Trinajstić information content (AvgIpc) is 2.92. The van der Waals surface area contributed by atoms with Crippen molar-refractivity contribution in [1.82, 2.24) is 9.97 Å². The molecule has 5 heteroatoms. The number of rotatable bonds is 2. The summed E-state index contributed by atoms with van der Waals surface area (Å²) in [6.07, 6.45) is 2.26. The molecular formula is C8H10BrN3O. The summed E-state index contributed by atoms with van der Waals surface area (Å²) >= 11 is 3.23. The lowest BCUT2D eigenvalue weighted by molar-refractivity contribution is 0.275. The number of hydrogen-bond donors (Lipinski definition) is 2. The Hall–Kier alpha value is -0.680. The lowest BCUT2D eigenvalue weighted by Gasteiger charge is -2.05. The minimum atomic E-state index is -0.104. The van der Waals surface area contributed by atoms with E-state index in [1.807, 2.05) is 0 Å². The van der Waals surface area contributed by atoms with Gasteiger partial charge in [0.2, 0.25) is 0 Å². The molecule has 0 atom stereocenters. The highest BCUT2D eigenvalue weighted by atomic mass is 79.9. The fourth-order valence-corrected chi connectivity index (χ4v) is 1.46. The number of nitrogens with zero attached hydrogens (tertiary/aromatic N) is 2. The first-order valence-electron chi connectivity index (χ1n) is 4.15. The van der Waals surface area contributed by atoms with Crippen molar-refractivity contribution in [3.63, 3.8) is 0 Å². The van der Waals surface area contributed by atoms with Gasteiger partial charge in [0, 0.05) is 5.92 Å². The molecular weight excluding hydrogens is 234 g/mol. The molecule has 0 radical (unpaired) electrons. The molecule has 70 valence electrons. The molecule has 0 bridgehead atoms. The van der Waals surface area contributed by atoms with Crippen molar-refractivity contribution >= 4 is 21.7 Å². The fourth-order valence-electron chi connectivity index (χ4n) is 1.16. The van der Waals surface area contributed by atoms with Crippen LogP contribution >= 0.6 is 15.9 Å². The minimum Gasteiger partial charge on any atom is -0.390 e. The van der Waals surface area contributed by atoms with Gasteiger partial charge in [0.25, 0.3) is 0 Å². The molecule has 0 unspecified atom stereocenters. The van der Waals surface area contributed by atoms with Crippen LogP contribution in [0.25, 0.3) is 0 Å². The van der Waals surface area contributed by atoms with Crippen LogP contribution in [0.3, 0.4) is 0 Å². The van der Waals surface area contributed by atoms with Crippen LogP contribution in [0, 0.1) is 0 Å². The lowest BCUT2D eigenvalue weighted by Crippen LogP contribution is -2.04. The van der Waals surface area contributed by atoms with Gasteiger partial charge in [-0.1, -0.05) is 0 Å². The summed E-state index contributed by atoms with van der Waals surface area (Å²) in [5.41, 5.74) is 6.23. The van der Waals surface area contributed by atoms with E-state index in [1.54, 1.807) is 0 Å². The van der Waals surface area contributed by atoms with Crippen molar-refractivity contribution < 1.29 is 5.11 Å². The third kappa shape index (κ3) is 1.66. The van der Waals surface area contributed by atoms with E-state index in [4.69, 9.17) is 10.8 Å². The molecule has 1 aromatic heterocycles. The molecule has 0 aliphatic heterocycles. The molecule has 0 saturated heterocycles. The van der Waals surface area contributed by atoms with Crippen LogP contribution in [0.1, 0.15) is 30.3 Å². The molecule has 1 aliphatic rings. The number of aliphatic hydroxyl groups excluding tert-OH is 1. The second kappa shape index (κ2) is 3.23. The van der Waals surface area contributed by atoms with E-state index in [1.165, 1.54) is 0 Å². The van der Waals surface area contributed by atoms with Gasteiger partial charge in [0.15, 0.2) is 0 Å². The maximum absolute atomic E-state index is 8.99. The summed E-state index contributed by atoms with van der Waals surface area (Å²) < 4.78 is 0.611. The van der Waals surface area contributed by atoms with E-state index >= 15 is 0 Å². The Kier molecular flexibility index (Phi) is 2.21. The van der Waals surface area contributed by atoms with Gasteiger partial charge in [-0.2, -0.15) is 0 Å². The molecule has 4 nitrogen and oxygen atoms in total. The zero-order chi connectivity index (χ0) is 9.42. The summed E-state index contributed by atoms with van der Waals surface area (Å²) in [5.74, 6) is 1.64. The smallest absolute Gasteiger partial charge is 0.141 e. The number of halogens is 1. The van der Waals surface area contributed by atoms with Gasteiger partial charge in [-0.3, -0.25) is 0 Å². The molecule has 3 N–H and O–H groups in total. The van der Waals surface area contributed by atoms with Crippen LogP contribution in [0.2, 0.25) is 0 Å². The normalized spacial score (nSPS) is 16.2. The summed E-state index contributed by atoms with van der Waals surface area (Å²) in [4.78, 5) is 8.38. The number of nitrogens with two attached hydrogens (primary N) is 1.